The lowest BCUT2D eigenvalue weighted by molar-refractivity contribution is -0.356. The summed E-state index contributed by atoms with van der Waals surface area (Å²) in [5.41, 5.74) is 5.27. The number of carboxylic acid groups (broad SMARTS) is 1. The molecule has 0 radical (unpaired) electrons. The molecule has 1 saturated heterocycles. The average Bonchev–Trinajstić information content (AvgIpc) is 3.67. The molecule has 1 saturated carbocycles. The first-order valence-corrected chi connectivity index (χ1v) is 19.6. The number of pyridine rings is 2. The van der Waals surface area contributed by atoms with Crippen LogP contribution in [0.15, 0.2) is 16.9 Å². The quantitative estimate of drug-likeness (QED) is 0.133. The molecule has 55 heavy (non-hydrogen) atoms. The van der Waals surface area contributed by atoms with E-state index in [2.05, 4.69) is 5.32 Å². The fraction of sp³-hybridized carbons (Fsp3) is 0.585. The Kier molecular flexibility index (Phi) is 9.53. The Balaban J connectivity index is 1.04. The molecule has 2 aromatic heterocycles. The maximum Gasteiger partial charge on any atom is 0.407 e. The number of aliphatic carboxylic acids is 1. The zero-order chi connectivity index (χ0) is 39.0. The van der Waals surface area contributed by atoms with Crippen molar-refractivity contribution < 1.29 is 47.9 Å². The Morgan fingerprint density at radius 2 is 1.96 bits per heavy atom. The summed E-state index contributed by atoms with van der Waals surface area (Å²) in [4.78, 5) is 68.4. The van der Waals surface area contributed by atoms with Gasteiger partial charge in [0, 0.05) is 36.3 Å². The third-order valence-corrected chi connectivity index (χ3v) is 12.5. The van der Waals surface area contributed by atoms with Crippen molar-refractivity contribution in [2.45, 2.75) is 142 Å². The lowest BCUT2D eigenvalue weighted by Gasteiger charge is -2.36. The van der Waals surface area contributed by atoms with Crippen LogP contribution < -0.4 is 10.9 Å². The zero-order valence-electron chi connectivity index (χ0n) is 31.9. The second-order valence-corrected chi connectivity index (χ2v) is 16.3. The van der Waals surface area contributed by atoms with Crippen molar-refractivity contribution in [1.29, 1.82) is 0 Å². The molecule has 13 nitrogen and oxygen atoms in total. The number of ether oxygens (including phenoxy) is 3. The van der Waals surface area contributed by atoms with E-state index in [0.29, 0.717) is 85.0 Å². The van der Waals surface area contributed by atoms with Crippen LogP contribution in [0.2, 0.25) is 0 Å². The molecule has 1 spiro atoms. The second kappa shape index (κ2) is 14.0. The molecule has 3 aromatic rings. The normalized spacial score (nSPS) is 27.6. The molecule has 1 amide bonds. The van der Waals surface area contributed by atoms with Crippen LogP contribution in [-0.2, 0) is 53.1 Å². The van der Waals surface area contributed by atoms with Gasteiger partial charge in [-0.3, -0.25) is 14.4 Å². The number of amides is 1. The molecule has 2 N–H and O–H groups in total. The monoisotopic (exact) mass is 761 g/mol. The summed E-state index contributed by atoms with van der Waals surface area (Å²) >= 11 is 0. The average molecular weight is 762 g/mol. The molecule has 5 aliphatic rings. The van der Waals surface area contributed by atoms with Crippen molar-refractivity contribution in [3.8, 4) is 11.4 Å². The van der Waals surface area contributed by atoms with Crippen molar-refractivity contribution >= 4 is 28.9 Å². The Morgan fingerprint density at radius 3 is 2.71 bits per heavy atom. The number of rotatable bonds is 9. The third-order valence-electron chi connectivity index (χ3n) is 12.5. The van der Waals surface area contributed by atoms with E-state index >= 15 is 4.39 Å². The molecule has 294 valence electrons. The molecular weight excluding hydrogens is 713 g/mol. The lowest BCUT2D eigenvalue weighted by Crippen LogP contribution is -2.44. The minimum absolute atomic E-state index is 0.0431. The van der Waals surface area contributed by atoms with Gasteiger partial charge in [-0.25, -0.2) is 14.2 Å². The number of aryl methyl sites for hydroxylation is 1. The topological polar surface area (TPSA) is 165 Å². The van der Waals surface area contributed by atoms with Crippen LogP contribution >= 0.6 is 0 Å². The Bertz CT molecular complexity index is 2170. The van der Waals surface area contributed by atoms with Gasteiger partial charge in [0.05, 0.1) is 46.9 Å². The number of carbonyl (C=O) groups excluding carboxylic acids is 2. The molecular formula is C41H48FN3O10. The molecule has 2 aliphatic carbocycles. The predicted octanol–water partition coefficient (Wildman–Crippen LogP) is 7.00. The van der Waals surface area contributed by atoms with Gasteiger partial charge in [-0.2, -0.15) is 9.78 Å². The van der Waals surface area contributed by atoms with Gasteiger partial charge < -0.3 is 29.2 Å². The standard InChI is InChI=1S/C41H48FN3O10/c1-6-22(13-20(3)37(47)48)16-40(5)53-41(55-54-40)12-8-9-23(17-41)52-39(50)44-30-11-10-25-21(4)29(42)15-31-33(25)34(30)27-18-45-32(35(27)43-31)14-26-24(7-2)38(49)51-19-28(26)36(45)46/h14-15,20,22-24,30H,6-13,16-19H2,1-5H3,(H,44,50)(H,47,48). The largest absolute Gasteiger partial charge is 0.481 e. The van der Waals surface area contributed by atoms with E-state index in [-0.39, 0.29) is 42.8 Å². The molecule has 0 bridgehead atoms. The Labute approximate surface area is 317 Å². The lowest BCUT2D eigenvalue weighted by atomic mass is 9.81. The van der Waals surface area contributed by atoms with Gasteiger partial charge in [0.1, 0.15) is 18.5 Å². The highest BCUT2D eigenvalue weighted by Crippen LogP contribution is 2.48. The summed E-state index contributed by atoms with van der Waals surface area (Å²) in [6.07, 6.45) is 4.07. The summed E-state index contributed by atoms with van der Waals surface area (Å²) in [5, 5.41) is 13.3. The highest BCUT2D eigenvalue weighted by molar-refractivity contribution is 5.93. The van der Waals surface area contributed by atoms with Gasteiger partial charge in [-0.15, -0.1) is 0 Å². The van der Waals surface area contributed by atoms with E-state index in [1.54, 1.807) is 25.3 Å². The molecule has 2 fully saturated rings. The Hall–Kier alpha value is -4.40. The Morgan fingerprint density at radius 1 is 1.16 bits per heavy atom. The molecule has 8 rings (SSSR count). The predicted molar refractivity (Wildman–Crippen MR) is 195 cm³/mol. The smallest absolute Gasteiger partial charge is 0.407 e. The maximum atomic E-state index is 15.3. The van der Waals surface area contributed by atoms with Gasteiger partial charge in [-0.1, -0.05) is 27.2 Å². The number of esters is 1. The summed E-state index contributed by atoms with van der Waals surface area (Å²) in [6.45, 7) is 9.24. The summed E-state index contributed by atoms with van der Waals surface area (Å²) in [6, 6.07) is 2.76. The third kappa shape index (κ3) is 6.49. The number of hydrogen-bond acceptors (Lipinski definition) is 10. The number of carboxylic acids is 1. The number of aromatic nitrogens is 2. The van der Waals surface area contributed by atoms with E-state index in [1.807, 2.05) is 19.9 Å². The van der Waals surface area contributed by atoms with E-state index < -0.39 is 47.6 Å². The number of hydrogen-bond donors (Lipinski definition) is 2. The molecule has 7 atom stereocenters. The van der Waals surface area contributed by atoms with Crippen LogP contribution in [0.25, 0.3) is 22.3 Å². The number of carbonyl (C=O) groups is 3. The molecule has 1 aromatic carbocycles. The van der Waals surface area contributed by atoms with E-state index in [9.17, 15) is 24.3 Å². The first kappa shape index (κ1) is 37.5. The highest BCUT2D eigenvalue weighted by Gasteiger charge is 2.54. The van der Waals surface area contributed by atoms with Crippen LogP contribution in [0, 0.1) is 24.6 Å². The summed E-state index contributed by atoms with van der Waals surface area (Å²) in [5.74, 6) is -4.79. The minimum Gasteiger partial charge on any atom is -0.481 e. The van der Waals surface area contributed by atoms with Crippen molar-refractivity contribution in [3.63, 3.8) is 0 Å². The fourth-order valence-electron chi connectivity index (χ4n) is 9.65. The summed E-state index contributed by atoms with van der Waals surface area (Å²) in [7, 11) is 0. The number of fused-ring (bicyclic) bond motifs is 5. The number of alkyl carbamates (subject to hydrolysis) is 1. The number of nitrogens with zero attached hydrogens (tertiary/aromatic N) is 2. The van der Waals surface area contributed by atoms with Gasteiger partial charge in [-0.05, 0) is 86.6 Å². The fourth-order valence-corrected chi connectivity index (χ4v) is 9.65. The highest BCUT2D eigenvalue weighted by atomic mass is 19.1. The SMILES string of the molecule is CCC(CC(C)C(=O)O)CC1(C)OOC2(CCCC(OC(=O)NC3CCc4c(C)c(F)cc5nc6c(c3c45)Cn3c-6cc4c(c3=O)COC(=O)C4CC)C2)O1. The first-order valence-electron chi connectivity index (χ1n) is 19.6. The number of cyclic esters (lactones) is 1. The van der Waals surface area contributed by atoms with Crippen molar-refractivity contribution in [1.82, 2.24) is 14.9 Å². The van der Waals surface area contributed by atoms with E-state index in [4.69, 9.17) is 29.0 Å². The molecule has 5 heterocycles. The van der Waals surface area contributed by atoms with Crippen LogP contribution in [-0.4, -0.2) is 50.4 Å². The van der Waals surface area contributed by atoms with Gasteiger partial charge in [0.25, 0.3) is 5.56 Å². The second-order valence-electron chi connectivity index (χ2n) is 16.3. The number of benzene rings is 1. The molecule has 14 heteroatoms. The summed E-state index contributed by atoms with van der Waals surface area (Å²) < 4.78 is 34.9. The number of halogens is 1. The van der Waals surface area contributed by atoms with Crippen molar-refractivity contribution in [3.05, 3.63) is 61.7 Å². The number of nitrogens with one attached hydrogen (secondary N) is 1. The molecule has 7 unspecified atom stereocenters. The van der Waals surface area contributed by atoms with E-state index in [1.165, 1.54) is 6.07 Å². The minimum atomic E-state index is -1.11. The van der Waals surface area contributed by atoms with Crippen molar-refractivity contribution in [2.75, 3.05) is 0 Å². The van der Waals surface area contributed by atoms with Gasteiger partial charge >= 0.3 is 18.0 Å². The van der Waals surface area contributed by atoms with Crippen LogP contribution in [0.3, 0.4) is 0 Å². The zero-order valence-corrected chi connectivity index (χ0v) is 31.9. The van der Waals surface area contributed by atoms with Crippen LogP contribution in [0.5, 0.6) is 0 Å². The maximum absolute atomic E-state index is 15.3. The van der Waals surface area contributed by atoms with Gasteiger partial charge in [0.15, 0.2) is 0 Å². The van der Waals surface area contributed by atoms with Gasteiger partial charge in [0.2, 0.25) is 11.6 Å². The van der Waals surface area contributed by atoms with E-state index in [0.717, 1.165) is 28.5 Å². The first-order chi connectivity index (χ1) is 26.2. The molecule has 3 aliphatic heterocycles. The van der Waals surface area contributed by atoms with Crippen molar-refractivity contribution in [2.24, 2.45) is 11.8 Å². The van der Waals surface area contributed by atoms with Crippen LogP contribution in [0.1, 0.15) is 131 Å². The van der Waals surface area contributed by atoms with Crippen LogP contribution in [0.4, 0.5) is 9.18 Å².